The van der Waals surface area contributed by atoms with Crippen LogP contribution in [0.4, 0.5) is 0 Å². The number of benzene rings is 1. The van der Waals surface area contributed by atoms with Gasteiger partial charge in [-0.05, 0) is 47.9 Å². The van der Waals surface area contributed by atoms with Gasteiger partial charge in [-0.2, -0.15) is 4.68 Å². The first kappa shape index (κ1) is 20.1. The lowest BCUT2D eigenvalue weighted by Gasteiger charge is -2.30. The number of nitrogens with zero attached hydrogens (tertiary/aromatic N) is 5. The molecule has 0 unspecified atom stereocenters. The van der Waals surface area contributed by atoms with E-state index in [4.69, 9.17) is 9.47 Å². The Bertz CT molecular complexity index is 848. The summed E-state index contributed by atoms with van der Waals surface area (Å²) < 4.78 is 11.8. The summed E-state index contributed by atoms with van der Waals surface area (Å²) in [4.78, 5) is 25.9. The average Bonchev–Trinajstić information content (AvgIpc) is 3.20. The minimum Gasteiger partial charge on any atom is -0.494 e. The van der Waals surface area contributed by atoms with Crippen molar-refractivity contribution in [2.45, 2.75) is 24.9 Å². The average molecular weight is 405 g/mol. The van der Waals surface area contributed by atoms with Crippen molar-refractivity contribution in [2.24, 2.45) is 5.92 Å². The fraction of sp³-hybridized carbons (Fsp3) is 0.500. The fourth-order valence-corrected chi connectivity index (χ4v) is 3.92. The number of hydrogen-bond acceptors (Lipinski definition) is 8. The second-order valence-electron chi connectivity index (χ2n) is 6.52. The number of hydrogen-bond donors (Lipinski definition) is 0. The van der Waals surface area contributed by atoms with Crippen molar-refractivity contribution < 1.29 is 19.1 Å². The van der Waals surface area contributed by atoms with Gasteiger partial charge >= 0.3 is 5.97 Å². The van der Waals surface area contributed by atoms with Crippen molar-refractivity contribution in [3.63, 3.8) is 0 Å². The van der Waals surface area contributed by atoms with E-state index in [9.17, 15) is 9.59 Å². The van der Waals surface area contributed by atoms with E-state index in [-0.39, 0.29) is 23.5 Å². The van der Waals surface area contributed by atoms with Crippen LogP contribution in [0.1, 0.15) is 18.4 Å². The van der Waals surface area contributed by atoms with E-state index in [0.717, 1.165) is 11.3 Å². The lowest BCUT2D eigenvalue weighted by atomic mass is 9.97. The predicted molar refractivity (Wildman–Crippen MR) is 102 cm³/mol. The summed E-state index contributed by atoms with van der Waals surface area (Å²) in [6.45, 7) is 3.08. The number of amides is 1. The van der Waals surface area contributed by atoms with Gasteiger partial charge in [-0.1, -0.05) is 17.8 Å². The molecule has 0 bridgehead atoms. The number of aryl methyl sites for hydroxylation is 1. The lowest BCUT2D eigenvalue weighted by molar-refractivity contribution is -0.148. The number of carbonyl (C=O) groups excluding carboxylic acids is 2. The standard InChI is InChI=1S/C18H23N5O4S/c1-12-4-5-15(26-2)14(10-12)23-18(19-20-21-23)28-11-16(24)22-8-6-13(7-9-22)17(25)27-3/h4-5,10,13H,6-9,11H2,1-3H3. The Hall–Kier alpha value is -2.62. The van der Waals surface area contributed by atoms with Gasteiger partial charge in [-0.25, -0.2) is 0 Å². The monoisotopic (exact) mass is 405 g/mol. The molecular weight excluding hydrogens is 382 g/mol. The molecule has 0 saturated carbocycles. The number of thioether (sulfide) groups is 1. The molecule has 1 saturated heterocycles. The van der Waals surface area contributed by atoms with E-state index >= 15 is 0 Å². The number of likely N-dealkylation sites (tertiary alicyclic amines) is 1. The first-order valence-electron chi connectivity index (χ1n) is 8.95. The molecule has 150 valence electrons. The van der Waals surface area contributed by atoms with Crippen LogP contribution in [-0.4, -0.2) is 70.0 Å². The largest absolute Gasteiger partial charge is 0.494 e. The van der Waals surface area contributed by atoms with E-state index in [2.05, 4.69) is 15.5 Å². The summed E-state index contributed by atoms with van der Waals surface area (Å²) in [5.41, 5.74) is 1.77. The Morgan fingerprint density at radius 1 is 1.25 bits per heavy atom. The van der Waals surface area contributed by atoms with Crippen LogP contribution >= 0.6 is 11.8 Å². The number of rotatable bonds is 6. The normalized spacial score (nSPS) is 14.8. The molecule has 1 amide bonds. The van der Waals surface area contributed by atoms with Gasteiger partial charge in [0.05, 0.1) is 25.9 Å². The maximum Gasteiger partial charge on any atom is 0.308 e. The third kappa shape index (κ3) is 4.44. The van der Waals surface area contributed by atoms with Gasteiger partial charge in [0.1, 0.15) is 11.4 Å². The highest BCUT2D eigenvalue weighted by atomic mass is 32.2. The van der Waals surface area contributed by atoms with Crippen molar-refractivity contribution in [3.05, 3.63) is 23.8 Å². The molecule has 0 spiro atoms. The summed E-state index contributed by atoms with van der Waals surface area (Å²) in [5, 5.41) is 12.3. The van der Waals surface area contributed by atoms with Crippen molar-refractivity contribution in [3.8, 4) is 11.4 Å². The highest BCUT2D eigenvalue weighted by Gasteiger charge is 2.28. The van der Waals surface area contributed by atoms with Crippen LogP contribution in [0.15, 0.2) is 23.4 Å². The molecule has 9 nitrogen and oxygen atoms in total. The molecule has 0 radical (unpaired) electrons. The highest BCUT2D eigenvalue weighted by Crippen LogP contribution is 2.27. The summed E-state index contributed by atoms with van der Waals surface area (Å²) in [6, 6.07) is 5.73. The SMILES string of the molecule is COC(=O)C1CCN(C(=O)CSc2nnnn2-c2cc(C)ccc2OC)CC1. The van der Waals surface area contributed by atoms with Crippen LogP contribution in [0.3, 0.4) is 0 Å². The van der Waals surface area contributed by atoms with Crippen molar-refractivity contribution in [1.29, 1.82) is 0 Å². The topological polar surface area (TPSA) is 99.4 Å². The Morgan fingerprint density at radius 2 is 2.00 bits per heavy atom. The molecule has 0 atom stereocenters. The number of methoxy groups -OCH3 is 2. The number of carbonyl (C=O) groups is 2. The van der Waals surface area contributed by atoms with Gasteiger partial charge in [0, 0.05) is 13.1 Å². The molecule has 1 aromatic carbocycles. The van der Waals surface area contributed by atoms with E-state index in [1.54, 1.807) is 16.7 Å². The predicted octanol–water partition coefficient (Wildman–Crippen LogP) is 1.48. The first-order valence-corrected chi connectivity index (χ1v) is 9.94. The van der Waals surface area contributed by atoms with Gasteiger partial charge < -0.3 is 14.4 Å². The van der Waals surface area contributed by atoms with E-state index in [0.29, 0.717) is 36.8 Å². The van der Waals surface area contributed by atoms with Gasteiger partial charge in [0.25, 0.3) is 0 Å². The minimum absolute atomic E-state index is 0.000858. The van der Waals surface area contributed by atoms with Crippen LogP contribution < -0.4 is 4.74 Å². The smallest absolute Gasteiger partial charge is 0.308 e. The van der Waals surface area contributed by atoms with Gasteiger partial charge in [0.2, 0.25) is 11.1 Å². The molecular formula is C18H23N5O4S. The molecule has 1 aliphatic rings. The maximum atomic E-state index is 12.6. The maximum absolute atomic E-state index is 12.6. The second kappa shape index (κ2) is 9.05. The van der Waals surface area contributed by atoms with Crippen LogP contribution in [0.5, 0.6) is 5.75 Å². The Kier molecular flexibility index (Phi) is 6.50. The van der Waals surface area contributed by atoms with Crippen LogP contribution in [0, 0.1) is 12.8 Å². The Balaban J connectivity index is 1.63. The summed E-state index contributed by atoms with van der Waals surface area (Å²) >= 11 is 1.28. The molecule has 28 heavy (non-hydrogen) atoms. The van der Waals surface area contributed by atoms with Gasteiger partial charge in [-0.15, -0.1) is 5.10 Å². The molecule has 3 rings (SSSR count). The molecule has 2 aromatic rings. The molecule has 1 fully saturated rings. The zero-order valence-electron chi connectivity index (χ0n) is 16.1. The second-order valence-corrected chi connectivity index (χ2v) is 7.46. The van der Waals surface area contributed by atoms with E-state index in [1.165, 1.54) is 18.9 Å². The molecule has 2 heterocycles. The zero-order valence-corrected chi connectivity index (χ0v) is 16.9. The van der Waals surface area contributed by atoms with E-state index in [1.807, 2.05) is 25.1 Å². The first-order chi connectivity index (χ1) is 13.5. The third-order valence-electron chi connectivity index (χ3n) is 4.71. The molecule has 1 aromatic heterocycles. The Morgan fingerprint density at radius 3 is 2.68 bits per heavy atom. The van der Waals surface area contributed by atoms with Crippen molar-refractivity contribution >= 4 is 23.6 Å². The summed E-state index contributed by atoms with van der Waals surface area (Å²) in [6.07, 6.45) is 1.25. The van der Waals surface area contributed by atoms with Crippen LogP contribution in [-0.2, 0) is 14.3 Å². The molecule has 0 aliphatic carbocycles. The number of aromatic nitrogens is 4. The number of piperidine rings is 1. The zero-order chi connectivity index (χ0) is 20.1. The highest BCUT2D eigenvalue weighted by molar-refractivity contribution is 7.99. The van der Waals surface area contributed by atoms with Gasteiger partial charge in [0.15, 0.2) is 0 Å². The minimum atomic E-state index is -0.201. The molecule has 10 heteroatoms. The fourth-order valence-electron chi connectivity index (χ4n) is 3.13. The van der Waals surface area contributed by atoms with Crippen molar-refractivity contribution in [2.75, 3.05) is 33.1 Å². The number of ether oxygens (including phenoxy) is 2. The van der Waals surface area contributed by atoms with Crippen LogP contribution in [0.2, 0.25) is 0 Å². The molecule has 0 N–H and O–H groups in total. The number of tetrazole rings is 1. The summed E-state index contributed by atoms with van der Waals surface area (Å²) in [7, 11) is 2.98. The summed E-state index contributed by atoms with van der Waals surface area (Å²) in [5.74, 6) is 0.544. The van der Waals surface area contributed by atoms with E-state index < -0.39 is 0 Å². The van der Waals surface area contributed by atoms with Gasteiger partial charge in [-0.3, -0.25) is 9.59 Å². The van der Waals surface area contributed by atoms with Crippen molar-refractivity contribution in [1.82, 2.24) is 25.1 Å². The lowest BCUT2D eigenvalue weighted by Crippen LogP contribution is -2.41. The van der Waals surface area contributed by atoms with Crippen LogP contribution in [0.25, 0.3) is 5.69 Å². The third-order valence-corrected chi connectivity index (χ3v) is 5.61. The Labute approximate surface area is 167 Å². The number of esters is 1. The quantitative estimate of drug-likeness (QED) is 0.526. The molecule has 1 aliphatic heterocycles.